The van der Waals surface area contributed by atoms with Crippen LogP contribution >= 0.6 is 12.2 Å². The largest absolute Gasteiger partial charge is 0.449 e. The van der Waals surface area contributed by atoms with E-state index in [-0.39, 0.29) is 5.92 Å². The molecule has 1 N–H and O–H groups in total. The van der Waals surface area contributed by atoms with Gasteiger partial charge < -0.3 is 9.73 Å². The van der Waals surface area contributed by atoms with E-state index in [4.69, 9.17) is 16.6 Å². The van der Waals surface area contributed by atoms with E-state index in [1.807, 2.05) is 26.1 Å². The van der Waals surface area contributed by atoms with Gasteiger partial charge >= 0.3 is 0 Å². The lowest BCUT2D eigenvalue weighted by Crippen LogP contribution is -2.21. The van der Waals surface area contributed by atoms with Gasteiger partial charge in [-0.25, -0.2) is 4.68 Å². The number of hydrogen-bond donors (Lipinski definition) is 1. The first kappa shape index (κ1) is 11.7. The Labute approximate surface area is 104 Å². The number of furan rings is 1. The third-order valence-electron chi connectivity index (χ3n) is 2.41. The van der Waals surface area contributed by atoms with Gasteiger partial charge in [-0.15, -0.1) is 5.10 Å². The summed E-state index contributed by atoms with van der Waals surface area (Å²) in [6, 6.07) is 3.63. The van der Waals surface area contributed by atoms with E-state index in [1.54, 1.807) is 10.9 Å². The summed E-state index contributed by atoms with van der Waals surface area (Å²) in [5, 5.41) is 14.3. The number of anilines is 1. The molecule has 2 heterocycles. The summed E-state index contributed by atoms with van der Waals surface area (Å²) in [5.41, 5.74) is 0. The number of tetrazole rings is 1. The zero-order chi connectivity index (χ0) is 12.3. The summed E-state index contributed by atoms with van der Waals surface area (Å²) < 4.78 is 6.81. The van der Waals surface area contributed by atoms with Gasteiger partial charge in [-0.05, 0) is 16.5 Å². The van der Waals surface area contributed by atoms with E-state index in [2.05, 4.69) is 20.8 Å². The van der Waals surface area contributed by atoms with Crippen molar-refractivity contribution in [3.63, 3.8) is 0 Å². The van der Waals surface area contributed by atoms with Crippen molar-refractivity contribution in [2.45, 2.75) is 13.3 Å². The van der Waals surface area contributed by atoms with Gasteiger partial charge in [-0.1, -0.05) is 19.1 Å². The quantitative estimate of drug-likeness (QED) is 0.829. The average molecular weight is 251 g/mol. The number of nitrogens with one attached hydrogen (secondary N) is 1. The molecule has 0 aliphatic carbocycles. The Hall–Kier alpha value is -1.76. The molecule has 1 atom stereocenters. The zero-order valence-corrected chi connectivity index (χ0v) is 10.4. The Morgan fingerprint density at radius 1 is 1.65 bits per heavy atom. The standard InChI is InChI=1S/C10H13N5OS/c1-7(6-8-12-13-14-15(8)2)10(17)11-9-4-3-5-16-9/h3-5,7H,6H2,1-2H3,(H,11,17). The predicted octanol–water partition coefficient (Wildman–Crippen LogP) is 1.42. The summed E-state index contributed by atoms with van der Waals surface area (Å²) in [5.74, 6) is 1.60. The molecular formula is C10H13N5OS. The fraction of sp³-hybridized carbons (Fsp3) is 0.400. The Morgan fingerprint density at radius 3 is 3.06 bits per heavy atom. The zero-order valence-electron chi connectivity index (χ0n) is 9.62. The highest BCUT2D eigenvalue weighted by Gasteiger charge is 2.14. The average Bonchev–Trinajstić information content (AvgIpc) is 2.91. The van der Waals surface area contributed by atoms with E-state index in [9.17, 15) is 0 Å². The van der Waals surface area contributed by atoms with Crippen molar-refractivity contribution in [2.24, 2.45) is 13.0 Å². The molecule has 0 saturated carbocycles. The monoisotopic (exact) mass is 251 g/mol. The third-order valence-corrected chi connectivity index (χ3v) is 2.92. The second-order valence-corrected chi connectivity index (χ2v) is 4.23. The Balaban J connectivity index is 1.94. The smallest absolute Gasteiger partial charge is 0.197 e. The lowest BCUT2D eigenvalue weighted by molar-refractivity contribution is 0.584. The minimum absolute atomic E-state index is 0.139. The van der Waals surface area contributed by atoms with E-state index in [1.165, 1.54) is 0 Å². The third kappa shape index (κ3) is 2.88. The molecular weight excluding hydrogens is 238 g/mol. The minimum atomic E-state index is 0.139. The molecule has 0 spiro atoms. The number of nitrogens with zero attached hydrogens (tertiary/aromatic N) is 4. The Morgan fingerprint density at radius 2 is 2.47 bits per heavy atom. The second-order valence-electron chi connectivity index (χ2n) is 3.79. The number of thiocarbonyl (C=S) groups is 1. The van der Waals surface area contributed by atoms with Crippen LogP contribution in [0.2, 0.25) is 0 Å². The van der Waals surface area contributed by atoms with Crippen molar-refractivity contribution >= 4 is 23.1 Å². The molecule has 6 nitrogen and oxygen atoms in total. The molecule has 0 radical (unpaired) electrons. The van der Waals surface area contributed by atoms with Gasteiger partial charge in [0.05, 0.1) is 11.3 Å². The fourth-order valence-corrected chi connectivity index (χ4v) is 1.57. The summed E-state index contributed by atoms with van der Waals surface area (Å²) >= 11 is 5.29. The van der Waals surface area contributed by atoms with Gasteiger partial charge in [0.25, 0.3) is 0 Å². The highest BCUT2D eigenvalue weighted by molar-refractivity contribution is 7.80. The molecule has 17 heavy (non-hydrogen) atoms. The molecule has 0 saturated heterocycles. The van der Waals surface area contributed by atoms with Crippen LogP contribution < -0.4 is 5.32 Å². The molecule has 1 unspecified atom stereocenters. The van der Waals surface area contributed by atoms with Crippen LogP contribution in [0, 0.1) is 5.92 Å². The topological polar surface area (TPSA) is 68.8 Å². The highest BCUT2D eigenvalue weighted by Crippen LogP contribution is 2.12. The van der Waals surface area contributed by atoms with Crippen LogP contribution in [0.3, 0.4) is 0 Å². The fourth-order valence-electron chi connectivity index (χ4n) is 1.38. The molecule has 0 aliphatic heterocycles. The normalized spacial score (nSPS) is 12.4. The van der Waals surface area contributed by atoms with E-state index in [0.29, 0.717) is 17.3 Å². The van der Waals surface area contributed by atoms with E-state index >= 15 is 0 Å². The maximum absolute atomic E-state index is 5.29. The van der Waals surface area contributed by atoms with Crippen LogP contribution in [0.5, 0.6) is 0 Å². The molecule has 2 aromatic rings. The van der Waals surface area contributed by atoms with E-state index in [0.717, 1.165) is 5.82 Å². The molecule has 0 aromatic carbocycles. The number of aromatic nitrogens is 4. The van der Waals surface area contributed by atoms with E-state index < -0.39 is 0 Å². The first-order chi connectivity index (χ1) is 8.16. The number of hydrogen-bond acceptors (Lipinski definition) is 5. The van der Waals surface area contributed by atoms with Crippen LogP contribution in [0.25, 0.3) is 0 Å². The van der Waals surface area contributed by atoms with Crippen LogP contribution in [-0.2, 0) is 13.5 Å². The van der Waals surface area contributed by atoms with Crippen molar-refractivity contribution in [1.82, 2.24) is 20.2 Å². The molecule has 0 fully saturated rings. The molecule has 0 bridgehead atoms. The van der Waals surface area contributed by atoms with Crippen molar-refractivity contribution in [2.75, 3.05) is 5.32 Å². The van der Waals surface area contributed by atoms with Crippen molar-refractivity contribution < 1.29 is 4.42 Å². The summed E-state index contributed by atoms with van der Waals surface area (Å²) in [6.45, 7) is 2.02. The molecule has 2 aromatic heterocycles. The maximum atomic E-state index is 5.29. The van der Waals surface area contributed by atoms with Crippen LogP contribution in [0.15, 0.2) is 22.8 Å². The van der Waals surface area contributed by atoms with Crippen LogP contribution in [-0.4, -0.2) is 25.2 Å². The second kappa shape index (κ2) is 5.05. The van der Waals surface area contributed by atoms with Gasteiger partial charge in [-0.3, -0.25) is 0 Å². The van der Waals surface area contributed by atoms with Crippen LogP contribution in [0.1, 0.15) is 12.7 Å². The van der Waals surface area contributed by atoms with Crippen LogP contribution in [0.4, 0.5) is 5.88 Å². The van der Waals surface area contributed by atoms with Crippen molar-refractivity contribution in [3.8, 4) is 0 Å². The predicted molar refractivity (Wildman–Crippen MR) is 66.6 cm³/mol. The minimum Gasteiger partial charge on any atom is -0.449 e. The molecule has 7 heteroatoms. The summed E-state index contributed by atoms with van der Waals surface area (Å²) in [4.78, 5) is 0.711. The van der Waals surface area contributed by atoms with Gasteiger partial charge in [0.2, 0.25) is 0 Å². The lowest BCUT2D eigenvalue weighted by atomic mass is 10.1. The van der Waals surface area contributed by atoms with Gasteiger partial charge in [-0.2, -0.15) is 0 Å². The summed E-state index contributed by atoms with van der Waals surface area (Å²) in [7, 11) is 1.81. The Kier molecular flexibility index (Phi) is 3.48. The van der Waals surface area contributed by atoms with Gasteiger partial charge in [0.15, 0.2) is 11.7 Å². The lowest BCUT2D eigenvalue weighted by Gasteiger charge is -2.12. The first-order valence-corrected chi connectivity index (χ1v) is 5.63. The van der Waals surface area contributed by atoms with Crippen molar-refractivity contribution in [3.05, 3.63) is 24.2 Å². The number of rotatable bonds is 4. The SMILES string of the molecule is CC(Cc1nnnn1C)C(=S)Nc1ccco1. The molecule has 90 valence electrons. The van der Waals surface area contributed by atoms with Gasteiger partial charge in [0, 0.05) is 25.5 Å². The molecule has 0 aliphatic rings. The highest BCUT2D eigenvalue weighted by atomic mass is 32.1. The van der Waals surface area contributed by atoms with Crippen molar-refractivity contribution in [1.29, 1.82) is 0 Å². The van der Waals surface area contributed by atoms with Gasteiger partial charge in [0.1, 0.15) is 0 Å². The maximum Gasteiger partial charge on any atom is 0.197 e. The first-order valence-electron chi connectivity index (χ1n) is 5.22. The molecule has 2 rings (SSSR count). The number of aryl methyl sites for hydroxylation is 1. The molecule has 0 amide bonds. The Bertz CT molecular complexity index is 493. The summed E-state index contributed by atoms with van der Waals surface area (Å²) in [6.07, 6.45) is 2.29.